The van der Waals surface area contributed by atoms with E-state index in [0.29, 0.717) is 35.8 Å². The third kappa shape index (κ3) is 4.05. The molecule has 1 saturated heterocycles. The predicted octanol–water partition coefficient (Wildman–Crippen LogP) is 3.16. The quantitative estimate of drug-likeness (QED) is 0.813. The SMILES string of the molecule is COc1ccc(NC(=O)C2(C)CCCN(C(=O)c3ccccc3)C2)cc1N. The second kappa shape index (κ2) is 7.70. The summed E-state index contributed by atoms with van der Waals surface area (Å²) in [6.07, 6.45) is 1.51. The van der Waals surface area contributed by atoms with E-state index < -0.39 is 5.41 Å². The number of ether oxygens (including phenoxy) is 1. The first-order valence-electron chi connectivity index (χ1n) is 9.02. The minimum Gasteiger partial charge on any atom is -0.495 e. The molecule has 0 radical (unpaired) electrons. The Bertz CT molecular complexity index is 838. The van der Waals surface area contributed by atoms with Gasteiger partial charge in [0.05, 0.1) is 18.2 Å². The molecule has 2 amide bonds. The van der Waals surface area contributed by atoms with Crippen molar-refractivity contribution in [3.8, 4) is 5.75 Å². The van der Waals surface area contributed by atoms with E-state index in [9.17, 15) is 9.59 Å². The molecular formula is C21H25N3O3. The van der Waals surface area contributed by atoms with Crippen LogP contribution in [0.15, 0.2) is 48.5 Å². The first-order chi connectivity index (χ1) is 12.9. The van der Waals surface area contributed by atoms with Gasteiger partial charge in [0.15, 0.2) is 0 Å². The van der Waals surface area contributed by atoms with Crippen molar-refractivity contribution >= 4 is 23.2 Å². The van der Waals surface area contributed by atoms with Crippen LogP contribution < -0.4 is 15.8 Å². The Morgan fingerprint density at radius 1 is 1.19 bits per heavy atom. The van der Waals surface area contributed by atoms with Crippen molar-refractivity contribution in [2.75, 3.05) is 31.2 Å². The van der Waals surface area contributed by atoms with Crippen molar-refractivity contribution in [3.05, 3.63) is 54.1 Å². The fourth-order valence-corrected chi connectivity index (χ4v) is 3.46. The Hall–Kier alpha value is -3.02. The van der Waals surface area contributed by atoms with Crippen LogP contribution in [0.1, 0.15) is 30.1 Å². The van der Waals surface area contributed by atoms with E-state index in [0.717, 1.165) is 12.8 Å². The topological polar surface area (TPSA) is 84.7 Å². The van der Waals surface area contributed by atoms with Crippen LogP contribution in [-0.4, -0.2) is 36.9 Å². The lowest BCUT2D eigenvalue weighted by molar-refractivity contribution is -0.127. The lowest BCUT2D eigenvalue weighted by Gasteiger charge is -2.39. The number of nitrogens with one attached hydrogen (secondary N) is 1. The Labute approximate surface area is 159 Å². The molecule has 1 unspecified atom stereocenters. The summed E-state index contributed by atoms with van der Waals surface area (Å²) in [6.45, 7) is 2.95. The molecule has 6 nitrogen and oxygen atoms in total. The predicted molar refractivity (Wildman–Crippen MR) is 106 cm³/mol. The number of carbonyl (C=O) groups is 2. The number of methoxy groups -OCH3 is 1. The summed E-state index contributed by atoms with van der Waals surface area (Å²) >= 11 is 0. The number of nitrogens with zero attached hydrogens (tertiary/aromatic N) is 1. The van der Waals surface area contributed by atoms with Crippen molar-refractivity contribution in [3.63, 3.8) is 0 Å². The molecule has 3 rings (SSSR count). The van der Waals surface area contributed by atoms with Gasteiger partial charge in [-0.2, -0.15) is 0 Å². The van der Waals surface area contributed by atoms with Crippen LogP contribution in [0.25, 0.3) is 0 Å². The van der Waals surface area contributed by atoms with E-state index >= 15 is 0 Å². The second-order valence-corrected chi connectivity index (χ2v) is 7.17. The van der Waals surface area contributed by atoms with Gasteiger partial charge in [-0.15, -0.1) is 0 Å². The molecule has 1 aliphatic heterocycles. The molecule has 0 aromatic heterocycles. The normalized spacial score (nSPS) is 19.4. The van der Waals surface area contributed by atoms with Crippen molar-refractivity contribution < 1.29 is 14.3 Å². The van der Waals surface area contributed by atoms with E-state index in [4.69, 9.17) is 10.5 Å². The lowest BCUT2D eigenvalue weighted by Crippen LogP contribution is -2.50. The van der Waals surface area contributed by atoms with E-state index in [1.165, 1.54) is 0 Å². The van der Waals surface area contributed by atoms with Gasteiger partial charge in [-0.1, -0.05) is 18.2 Å². The van der Waals surface area contributed by atoms with E-state index in [-0.39, 0.29) is 11.8 Å². The summed E-state index contributed by atoms with van der Waals surface area (Å²) in [5.74, 6) is 0.414. The van der Waals surface area contributed by atoms with Crippen LogP contribution >= 0.6 is 0 Å². The number of benzene rings is 2. The summed E-state index contributed by atoms with van der Waals surface area (Å²) in [5, 5.41) is 2.93. The first kappa shape index (κ1) is 18.8. The van der Waals surface area contributed by atoms with Crippen molar-refractivity contribution in [2.24, 2.45) is 5.41 Å². The Kier molecular flexibility index (Phi) is 5.35. The van der Waals surface area contributed by atoms with Crippen molar-refractivity contribution in [2.45, 2.75) is 19.8 Å². The molecule has 0 saturated carbocycles. The maximum absolute atomic E-state index is 12.9. The van der Waals surface area contributed by atoms with Gasteiger partial charge in [-0.05, 0) is 50.1 Å². The Balaban J connectivity index is 1.72. The first-order valence-corrected chi connectivity index (χ1v) is 9.02. The van der Waals surface area contributed by atoms with Crippen LogP contribution in [0.2, 0.25) is 0 Å². The van der Waals surface area contributed by atoms with Gasteiger partial charge < -0.3 is 20.7 Å². The van der Waals surface area contributed by atoms with E-state index in [2.05, 4.69) is 5.32 Å². The molecule has 2 aromatic rings. The molecule has 6 heteroatoms. The lowest BCUT2D eigenvalue weighted by atomic mass is 9.80. The van der Waals surface area contributed by atoms with Crippen LogP contribution in [0, 0.1) is 5.41 Å². The molecule has 1 atom stereocenters. The smallest absolute Gasteiger partial charge is 0.253 e. The van der Waals surface area contributed by atoms with E-state index in [1.807, 2.05) is 25.1 Å². The average molecular weight is 367 g/mol. The molecule has 27 heavy (non-hydrogen) atoms. The van der Waals surface area contributed by atoms with Crippen molar-refractivity contribution in [1.29, 1.82) is 0 Å². The second-order valence-electron chi connectivity index (χ2n) is 7.17. The number of rotatable bonds is 4. The Morgan fingerprint density at radius 2 is 1.93 bits per heavy atom. The van der Waals surface area contributed by atoms with Crippen molar-refractivity contribution in [1.82, 2.24) is 4.90 Å². The highest BCUT2D eigenvalue weighted by molar-refractivity contribution is 5.98. The Morgan fingerprint density at radius 3 is 2.59 bits per heavy atom. The number of piperidine rings is 1. The fraction of sp³-hybridized carbons (Fsp3) is 0.333. The molecule has 1 fully saturated rings. The molecule has 0 spiro atoms. The number of nitrogens with two attached hydrogens (primary N) is 1. The third-order valence-electron chi connectivity index (χ3n) is 5.04. The summed E-state index contributed by atoms with van der Waals surface area (Å²) in [5.41, 5.74) is 6.98. The summed E-state index contributed by atoms with van der Waals surface area (Å²) < 4.78 is 5.14. The number of amides is 2. The van der Waals surface area contributed by atoms with Gasteiger partial charge in [0.2, 0.25) is 5.91 Å². The van der Waals surface area contributed by atoms with Crippen LogP contribution in [-0.2, 0) is 4.79 Å². The molecule has 0 bridgehead atoms. The number of likely N-dealkylation sites (tertiary alicyclic amines) is 1. The molecule has 1 heterocycles. The van der Waals surface area contributed by atoms with E-state index in [1.54, 1.807) is 42.3 Å². The summed E-state index contributed by atoms with van der Waals surface area (Å²) in [6, 6.07) is 14.3. The van der Waals surface area contributed by atoms with Gasteiger partial charge in [0, 0.05) is 24.3 Å². The molecule has 3 N–H and O–H groups in total. The summed E-state index contributed by atoms with van der Waals surface area (Å²) in [7, 11) is 1.55. The summed E-state index contributed by atoms with van der Waals surface area (Å²) in [4.78, 5) is 27.5. The molecule has 0 aliphatic carbocycles. The van der Waals surface area contributed by atoms with Gasteiger partial charge >= 0.3 is 0 Å². The van der Waals surface area contributed by atoms with Gasteiger partial charge in [-0.3, -0.25) is 9.59 Å². The van der Waals surface area contributed by atoms with Gasteiger partial charge in [-0.25, -0.2) is 0 Å². The van der Waals surface area contributed by atoms with Crippen LogP contribution in [0.3, 0.4) is 0 Å². The molecular weight excluding hydrogens is 342 g/mol. The third-order valence-corrected chi connectivity index (χ3v) is 5.04. The minimum atomic E-state index is -0.655. The molecule has 1 aliphatic rings. The zero-order valence-electron chi connectivity index (χ0n) is 15.7. The number of anilines is 2. The fourth-order valence-electron chi connectivity index (χ4n) is 3.46. The molecule has 142 valence electrons. The van der Waals surface area contributed by atoms with Gasteiger partial charge in [0.1, 0.15) is 5.75 Å². The van der Waals surface area contributed by atoms with Crippen LogP contribution in [0.4, 0.5) is 11.4 Å². The largest absolute Gasteiger partial charge is 0.495 e. The number of nitrogen functional groups attached to an aromatic ring is 1. The maximum Gasteiger partial charge on any atom is 0.253 e. The highest BCUT2D eigenvalue weighted by atomic mass is 16.5. The maximum atomic E-state index is 12.9. The zero-order chi connectivity index (χ0) is 19.4. The van der Waals surface area contributed by atoms with Gasteiger partial charge in [0.25, 0.3) is 5.91 Å². The van der Waals surface area contributed by atoms with Crippen LogP contribution in [0.5, 0.6) is 5.75 Å². The minimum absolute atomic E-state index is 0.0389. The number of carbonyl (C=O) groups excluding carboxylic acids is 2. The number of hydrogen-bond acceptors (Lipinski definition) is 4. The number of hydrogen-bond donors (Lipinski definition) is 2. The molecule has 2 aromatic carbocycles. The average Bonchev–Trinajstić information content (AvgIpc) is 2.68. The highest BCUT2D eigenvalue weighted by Crippen LogP contribution is 2.32. The zero-order valence-corrected chi connectivity index (χ0v) is 15.7. The standard InChI is InChI=1S/C21H25N3O3/c1-21(20(26)23-16-9-10-18(27-2)17(22)13-16)11-6-12-24(14-21)19(25)15-7-4-3-5-8-15/h3-5,7-10,13H,6,11-12,14,22H2,1-2H3,(H,23,26). The highest BCUT2D eigenvalue weighted by Gasteiger charge is 2.39. The monoisotopic (exact) mass is 367 g/mol.